The maximum absolute atomic E-state index is 5.97. The van der Waals surface area contributed by atoms with Gasteiger partial charge in [0.05, 0.1) is 5.69 Å². The molecule has 1 heterocycles. The Bertz CT molecular complexity index is 570. The Morgan fingerprint density at radius 2 is 2.16 bits per heavy atom. The Kier molecular flexibility index (Phi) is 4.56. The van der Waals surface area contributed by atoms with Crippen LogP contribution in [0.4, 0.5) is 0 Å². The van der Waals surface area contributed by atoms with Crippen LogP contribution in [0.15, 0.2) is 41.0 Å². The van der Waals surface area contributed by atoms with E-state index >= 15 is 0 Å². The number of benzene rings is 1. The molecule has 2 rings (SSSR count). The molecule has 0 radical (unpaired) electrons. The summed E-state index contributed by atoms with van der Waals surface area (Å²) in [6.45, 7) is 4.43. The lowest BCUT2D eigenvalue weighted by Crippen LogP contribution is -2.09. The third-order valence-corrected chi connectivity index (χ3v) is 3.44. The maximum atomic E-state index is 5.97. The minimum atomic E-state index is -0.0719. The molecule has 1 atom stereocenters. The number of aryl methyl sites for hydroxylation is 1. The van der Waals surface area contributed by atoms with E-state index in [0.717, 1.165) is 27.0 Å². The van der Waals surface area contributed by atoms with Gasteiger partial charge in [-0.1, -0.05) is 22.0 Å². The fourth-order valence-corrected chi connectivity index (χ4v) is 2.20. The van der Waals surface area contributed by atoms with Crippen LogP contribution in [0, 0.1) is 6.92 Å². The van der Waals surface area contributed by atoms with Crippen LogP contribution in [0.25, 0.3) is 0 Å². The summed E-state index contributed by atoms with van der Waals surface area (Å²) in [5.74, 6) is 0.809. The van der Waals surface area contributed by atoms with Crippen molar-refractivity contribution < 1.29 is 4.74 Å². The maximum Gasteiger partial charge on any atom is 0.130 e. The molecule has 1 unspecified atom stereocenters. The van der Waals surface area contributed by atoms with E-state index in [0.29, 0.717) is 6.61 Å². The summed E-state index contributed by atoms with van der Waals surface area (Å²) in [5.41, 5.74) is 9.03. The van der Waals surface area contributed by atoms with Crippen LogP contribution in [0.2, 0.25) is 0 Å². The van der Waals surface area contributed by atoms with E-state index in [2.05, 4.69) is 20.9 Å². The average molecular weight is 321 g/mol. The highest BCUT2D eigenvalue weighted by atomic mass is 79.9. The first kappa shape index (κ1) is 14.0. The van der Waals surface area contributed by atoms with Crippen LogP contribution >= 0.6 is 15.9 Å². The minimum absolute atomic E-state index is 0.0719. The highest BCUT2D eigenvalue weighted by Gasteiger charge is 2.09. The molecule has 1 aromatic heterocycles. The van der Waals surface area contributed by atoms with E-state index in [1.54, 1.807) is 6.20 Å². The number of hydrogen-bond acceptors (Lipinski definition) is 3. The van der Waals surface area contributed by atoms with Crippen molar-refractivity contribution >= 4 is 15.9 Å². The van der Waals surface area contributed by atoms with Crippen LogP contribution in [0.3, 0.4) is 0 Å². The first-order valence-corrected chi connectivity index (χ1v) is 6.95. The molecule has 1 aromatic carbocycles. The fraction of sp³-hybridized carbons (Fsp3) is 0.267. The first-order valence-electron chi connectivity index (χ1n) is 6.16. The number of halogens is 1. The zero-order chi connectivity index (χ0) is 13.8. The number of rotatable bonds is 4. The van der Waals surface area contributed by atoms with Crippen molar-refractivity contribution in [2.45, 2.75) is 26.5 Å². The highest BCUT2D eigenvalue weighted by molar-refractivity contribution is 9.10. The number of nitrogens with two attached hydrogens (primary N) is 1. The lowest BCUT2D eigenvalue weighted by molar-refractivity contribution is 0.296. The summed E-state index contributed by atoms with van der Waals surface area (Å²) < 4.78 is 6.86. The largest absolute Gasteiger partial charge is 0.487 e. The number of hydrogen-bond donors (Lipinski definition) is 1. The minimum Gasteiger partial charge on any atom is -0.487 e. The van der Waals surface area contributed by atoms with Crippen LogP contribution in [-0.4, -0.2) is 4.98 Å². The van der Waals surface area contributed by atoms with E-state index in [1.165, 1.54) is 0 Å². The second-order valence-corrected chi connectivity index (χ2v) is 5.44. The zero-order valence-electron chi connectivity index (χ0n) is 11.1. The predicted octanol–water partition coefficient (Wildman–Crippen LogP) is 3.75. The summed E-state index contributed by atoms with van der Waals surface area (Å²) in [5, 5.41) is 0. The van der Waals surface area contributed by atoms with Crippen molar-refractivity contribution in [2.75, 3.05) is 0 Å². The Morgan fingerprint density at radius 1 is 1.37 bits per heavy atom. The van der Waals surface area contributed by atoms with Gasteiger partial charge in [0.1, 0.15) is 12.4 Å². The van der Waals surface area contributed by atoms with Crippen LogP contribution in [0.5, 0.6) is 5.75 Å². The van der Waals surface area contributed by atoms with Crippen molar-refractivity contribution in [1.29, 1.82) is 0 Å². The third-order valence-electron chi connectivity index (χ3n) is 2.94. The van der Waals surface area contributed by atoms with Crippen molar-refractivity contribution in [3.63, 3.8) is 0 Å². The molecular weight excluding hydrogens is 304 g/mol. The van der Waals surface area contributed by atoms with Crippen LogP contribution < -0.4 is 10.5 Å². The lowest BCUT2D eigenvalue weighted by atomic mass is 10.1. The molecule has 0 saturated carbocycles. The molecule has 2 N–H and O–H groups in total. The molecule has 19 heavy (non-hydrogen) atoms. The molecule has 0 spiro atoms. The molecule has 0 bridgehead atoms. The standard InChI is InChI=1S/C15H17BrN2O/c1-10-4-3-7-18-14(10)9-19-15-6-5-12(16)8-13(15)11(2)17/h3-8,11H,9,17H2,1-2H3. The third kappa shape index (κ3) is 3.55. The smallest absolute Gasteiger partial charge is 0.130 e. The molecule has 3 nitrogen and oxygen atoms in total. The molecule has 0 fully saturated rings. The van der Waals surface area contributed by atoms with Gasteiger partial charge in [-0.05, 0) is 43.7 Å². The Hall–Kier alpha value is -1.39. The lowest BCUT2D eigenvalue weighted by Gasteiger charge is -2.15. The number of pyridine rings is 1. The monoisotopic (exact) mass is 320 g/mol. The molecule has 100 valence electrons. The Morgan fingerprint density at radius 3 is 2.84 bits per heavy atom. The van der Waals surface area contributed by atoms with Gasteiger partial charge in [0, 0.05) is 22.3 Å². The topological polar surface area (TPSA) is 48.1 Å². The van der Waals surface area contributed by atoms with Gasteiger partial charge in [-0.2, -0.15) is 0 Å². The number of nitrogens with zero attached hydrogens (tertiary/aromatic N) is 1. The molecule has 0 aliphatic heterocycles. The molecule has 0 aliphatic rings. The Balaban J connectivity index is 2.18. The Labute approximate surface area is 121 Å². The first-order chi connectivity index (χ1) is 9.08. The van der Waals surface area contributed by atoms with E-state index < -0.39 is 0 Å². The molecule has 0 saturated heterocycles. The average Bonchev–Trinajstić information content (AvgIpc) is 2.38. The van der Waals surface area contributed by atoms with Gasteiger partial charge in [0.2, 0.25) is 0 Å². The van der Waals surface area contributed by atoms with Gasteiger partial charge in [-0.15, -0.1) is 0 Å². The van der Waals surface area contributed by atoms with Gasteiger partial charge in [0.25, 0.3) is 0 Å². The van der Waals surface area contributed by atoms with Gasteiger partial charge in [-0.3, -0.25) is 4.98 Å². The van der Waals surface area contributed by atoms with Gasteiger partial charge < -0.3 is 10.5 Å². The summed E-state index contributed by atoms with van der Waals surface area (Å²) in [7, 11) is 0. The van der Waals surface area contributed by atoms with Gasteiger partial charge in [0.15, 0.2) is 0 Å². The fourth-order valence-electron chi connectivity index (χ4n) is 1.82. The number of aromatic nitrogens is 1. The molecule has 2 aromatic rings. The second kappa shape index (κ2) is 6.17. The van der Waals surface area contributed by atoms with E-state index in [1.807, 2.05) is 44.2 Å². The summed E-state index contributed by atoms with van der Waals surface area (Å²) in [4.78, 5) is 4.32. The quantitative estimate of drug-likeness (QED) is 0.933. The summed E-state index contributed by atoms with van der Waals surface area (Å²) in [6.07, 6.45) is 1.78. The van der Waals surface area contributed by atoms with Crippen molar-refractivity contribution in [3.8, 4) is 5.75 Å². The molecule has 4 heteroatoms. The summed E-state index contributed by atoms with van der Waals surface area (Å²) in [6, 6.07) is 9.75. The van der Waals surface area contributed by atoms with Gasteiger partial charge >= 0.3 is 0 Å². The van der Waals surface area contributed by atoms with Crippen LogP contribution in [-0.2, 0) is 6.61 Å². The highest BCUT2D eigenvalue weighted by Crippen LogP contribution is 2.28. The van der Waals surface area contributed by atoms with Crippen molar-refractivity contribution in [2.24, 2.45) is 5.73 Å². The van der Waals surface area contributed by atoms with Crippen molar-refractivity contribution in [3.05, 3.63) is 57.8 Å². The van der Waals surface area contributed by atoms with E-state index in [9.17, 15) is 0 Å². The SMILES string of the molecule is Cc1cccnc1COc1ccc(Br)cc1C(C)N. The van der Waals surface area contributed by atoms with E-state index in [4.69, 9.17) is 10.5 Å². The zero-order valence-corrected chi connectivity index (χ0v) is 12.6. The molecule has 0 aliphatic carbocycles. The molecular formula is C15H17BrN2O. The van der Waals surface area contributed by atoms with Gasteiger partial charge in [-0.25, -0.2) is 0 Å². The van der Waals surface area contributed by atoms with Crippen molar-refractivity contribution in [1.82, 2.24) is 4.98 Å². The van der Waals surface area contributed by atoms with E-state index in [-0.39, 0.29) is 6.04 Å². The normalized spacial score (nSPS) is 12.2. The van der Waals surface area contributed by atoms with Crippen LogP contribution in [0.1, 0.15) is 29.8 Å². The second-order valence-electron chi connectivity index (χ2n) is 4.53. The molecule has 0 amide bonds. The summed E-state index contributed by atoms with van der Waals surface area (Å²) >= 11 is 3.45. The number of ether oxygens (including phenoxy) is 1. The predicted molar refractivity (Wildman–Crippen MR) is 80.1 cm³/mol.